The van der Waals surface area contributed by atoms with E-state index >= 15 is 0 Å². The lowest BCUT2D eigenvalue weighted by atomic mass is 10.0. The number of carbonyl (C=O) groups excluding carboxylic acids is 1. The summed E-state index contributed by atoms with van der Waals surface area (Å²) < 4.78 is 10.9. The molecule has 4 rings (SSSR count). The molecule has 0 bridgehead atoms. The minimum absolute atomic E-state index is 0.168. The molecule has 0 saturated carbocycles. The van der Waals surface area contributed by atoms with Gasteiger partial charge in [0.1, 0.15) is 11.3 Å². The van der Waals surface area contributed by atoms with Crippen molar-refractivity contribution in [2.24, 2.45) is 0 Å². The van der Waals surface area contributed by atoms with Gasteiger partial charge in [-0.05, 0) is 54.4 Å². The van der Waals surface area contributed by atoms with Crippen LogP contribution in [-0.4, -0.2) is 12.5 Å². The van der Waals surface area contributed by atoms with E-state index in [0.717, 1.165) is 16.5 Å². The van der Waals surface area contributed by atoms with Crippen LogP contribution in [0.5, 0.6) is 5.75 Å². The first kappa shape index (κ1) is 19.7. The van der Waals surface area contributed by atoms with Gasteiger partial charge in [0.15, 0.2) is 6.61 Å². The molecule has 4 aromatic rings. The molecule has 1 aromatic heterocycles. The normalized spacial score (nSPS) is 10.7. The number of para-hydroxylation sites is 2. The van der Waals surface area contributed by atoms with Gasteiger partial charge in [-0.25, -0.2) is 4.79 Å². The highest BCUT2D eigenvalue weighted by atomic mass is 35.5. The maximum atomic E-state index is 12.4. The number of halogens is 1. The van der Waals surface area contributed by atoms with Crippen LogP contribution in [0.2, 0.25) is 5.02 Å². The fourth-order valence-corrected chi connectivity index (χ4v) is 3.39. The van der Waals surface area contributed by atoms with Gasteiger partial charge in [0.2, 0.25) is 0 Å². The molecule has 6 heteroatoms. The highest BCUT2D eigenvalue weighted by Crippen LogP contribution is 2.26. The summed E-state index contributed by atoms with van der Waals surface area (Å²) in [6.07, 6.45) is 0. The lowest BCUT2D eigenvalue weighted by Crippen LogP contribution is -2.20. The predicted molar refractivity (Wildman–Crippen MR) is 118 cm³/mol. The number of hydrogen-bond acceptors (Lipinski definition) is 4. The molecule has 30 heavy (non-hydrogen) atoms. The van der Waals surface area contributed by atoms with E-state index in [9.17, 15) is 9.59 Å². The summed E-state index contributed by atoms with van der Waals surface area (Å²) in [6.45, 7) is 1.71. The van der Waals surface area contributed by atoms with Crippen LogP contribution in [0.4, 0.5) is 5.69 Å². The standard InChI is InChI=1S/C24H18ClNO4/c1-15-12-17(26-23(27)14-29-22-9-5-3-7-20(22)25)10-11-18(15)19-13-16-6-2-4-8-21(16)30-24(19)28/h2-13H,14H2,1H3,(H,26,27). The Hall–Kier alpha value is -3.57. The van der Waals surface area contributed by atoms with Crippen molar-refractivity contribution in [2.75, 3.05) is 11.9 Å². The molecule has 0 radical (unpaired) electrons. The second-order valence-corrected chi connectivity index (χ2v) is 7.19. The topological polar surface area (TPSA) is 68.5 Å². The Balaban J connectivity index is 1.51. The Morgan fingerprint density at radius 2 is 1.77 bits per heavy atom. The van der Waals surface area contributed by atoms with E-state index in [-0.39, 0.29) is 12.5 Å². The second kappa shape index (κ2) is 8.43. The Kier molecular flexibility index (Phi) is 5.55. The number of nitrogens with one attached hydrogen (secondary N) is 1. The second-order valence-electron chi connectivity index (χ2n) is 6.78. The molecule has 0 aliphatic heterocycles. The van der Waals surface area contributed by atoms with Crippen molar-refractivity contribution in [3.8, 4) is 16.9 Å². The SMILES string of the molecule is Cc1cc(NC(=O)COc2ccccc2Cl)ccc1-c1cc2ccccc2oc1=O. The molecule has 1 heterocycles. The summed E-state index contributed by atoms with van der Waals surface area (Å²) in [7, 11) is 0. The van der Waals surface area contributed by atoms with Gasteiger partial charge in [-0.1, -0.05) is 48.0 Å². The Morgan fingerprint density at radius 3 is 2.57 bits per heavy atom. The molecule has 0 unspecified atom stereocenters. The lowest BCUT2D eigenvalue weighted by Gasteiger charge is -2.11. The monoisotopic (exact) mass is 419 g/mol. The molecule has 5 nitrogen and oxygen atoms in total. The number of fused-ring (bicyclic) bond motifs is 1. The van der Waals surface area contributed by atoms with Crippen LogP contribution in [0.25, 0.3) is 22.1 Å². The molecule has 0 atom stereocenters. The number of ether oxygens (including phenoxy) is 1. The number of hydrogen-bond donors (Lipinski definition) is 1. The molecule has 1 N–H and O–H groups in total. The molecule has 0 aliphatic carbocycles. The Morgan fingerprint density at radius 1 is 1.00 bits per heavy atom. The summed E-state index contributed by atoms with van der Waals surface area (Å²) in [6, 6.07) is 21.5. The summed E-state index contributed by atoms with van der Waals surface area (Å²) >= 11 is 6.02. The van der Waals surface area contributed by atoms with Crippen LogP contribution in [-0.2, 0) is 4.79 Å². The van der Waals surface area contributed by atoms with Crippen molar-refractivity contribution in [2.45, 2.75) is 6.92 Å². The summed E-state index contributed by atoms with van der Waals surface area (Å²) in [5, 5.41) is 4.08. The van der Waals surface area contributed by atoms with Crippen LogP contribution in [0.15, 0.2) is 82.0 Å². The van der Waals surface area contributed by atoms with E-state index in [1.807, 2.05) is 31.2 Å². The van der Waals surface area contributed by atoms with Crippen molar-refractivity contribution in [1.29, 1.82) is 0 Å². The highest BCUT2D eigenvalue weighted by molar-refractivity contribution is 6.32. The van der Waals surface area contributed by atoms with E-state index in [1.54, 1.807) is 48.5 Å². The van der Waals surface area contributed by atoms with Crippen LogP contribution >= 0.6 is 11.6 Å². The average Bonchev–Trinajstić information content (AvgIpc) is 2.73. The van der Waals surface area contributed by atoms with Gasteiger partial charge >= 0.3 is 5.63 Å². The fraction of sp³-hybridized carbons (Fsp3) is 0.0833. The molecule has 1 amide bonds. The van der Waals surface area contributed by atoms with Crippen LogP contribution in [0.1, 0.15) is 5.56 Å². The minimum atomic E-state index is -0.401. The van der Waals surface area contributed by atoms with Crippen molar-refractivity contribution in [3.63, 3.8) is 0 Å². The van der Waals surface area contributed by atoms with E-state index in [4.69, 9.17) is 20.8 Å². The average molecular weight is 420 g/mol. The van der Waals surface area contributed by atoms with E-state index in [2.05, 4.69) is 5.32 Å². The third kappa shape index (κ3) is 4.21. The molecule has 0 aliphatic rings. The Labute approximate surface area is 177 Å². The van der Waals surface area contributed by atoms with E-state index in [1.165, 1.54) is 0 Å². The van der Waals surface area contributed by atoms with E-state index in [0.29, 0.717) is 27.6 Å². The largest absolute Gasteiger partial charge is 0.482 e. The first-order valence-electron chi connectivity index (χ1n) is 9.32. The van der Waals surface area contributed by atoms with Gasteiger partial charge in [0, 0.05) is 11.1 Å². The third-order valence-corrected chi connectivity index (χ3v) is 4.95. The molecule has 3 aromatic carbocycles. The lowest BCUT2D eigenvalue weighted by molar-refractivity contribution is -0.118. The number of carbonyl (C=O) groups is 1. The predicted octanol–water partition coefficient (Wildman–Crippen LogP) is 5.44. The molecular formula is C24H18ClNO4. The van der Waals surface area contributed by atoms with Gasteiger partial charge in [0.25, 0.3) is 5.91 Å². The zero-order valence-corrected chi connectivity index (χ0v) is 16.9. The molecule has 0 fully saturated rings. The quantitative estimate of drug-likeness (QED) is 0.437. The van der Waals surface area contributed by atoms with Gasteiger partial charge < -0.3 is 14.5 Å². The van der Waals surface area contributed by atoms with Crippen molar-refractivity contribution < 1.29 is 13.9 Å². The number of rotatable bonds is 5. The maximum Gasteiger partial charge on any atom is 0.344 e. The first-order valence-corrected chi connectivity index (χ1v) is 9.70. The zero-order valence-electron chi connectivity index (χ0n) is 16.1. The number of benzene rings is 3. The van der Waals surface area contributed by atoms with Crippen LogP contribution in [0, 0.1) is 6.92 Å². The Bertz CT molecular complexity index is 1300. The number of amides is 1. The number of aryl methyl sites for hydroxylation is 1. The molecule has 0 spiro atoms. The number of anilines is 1. The molecular weight excluding hydrogens is 402 g/mol. The van der Waals surface area contributed by atoms with Crippen molar-refractivity contribution in [3.05, 3.63) is 93.8 Å². The van der Waals surface area contributed by atoms with Crippen LogP contribution in [0.3, 0.4) is 0 Å². The van der Waals surface area contributed by atoms with E-state index < -0.39 is 5.63 Å². The fourth-order valence-electron chi connectivity index (χ4n) is 3.20. The maximum absolute atomic E-state index is 12.4. The van der Waals surface area contributed by atoms with Gasteiger partial charge in [0.05, 0.1) is 10.6 Å². The van der Waals surface area contributed by atoms with Crippen molar-refractivity contribution >= 4 is 34.2 Å². The van der Waals surface area contributed by atoms with Gasteiger partial charge in [-0.15, -0.1) is 0 Å². The van der Waals surface area contributed by atoms with Crippen molar-refractivity contribution in [1.82, 2.24) is 0 Å². The summed E-state index contributed by atoms with van der Waals surface area (Å²) in [5.74, 6) is 0.135. The highest BCUT2D eigenvalue weighted by Gasteiger charge is 2.12. The summed E-state index contributed by atoms with van der Waals surface area (Å²) in [5.41, 5.74) is 2.82. The van der Waals surface area contributed by atoms with Gasteiger partial charge in [-0.3, -0.25) is 4.79 Å². The van der Waals surface area contributed by atoms with Crippen LogP contribution < -0.4 is 15.7 Å². The first-order chi connectivity index (χ1) is 14.5. The van der Waals surface area contributed by atoms with Gasteiger partial charge in [-0.2, -0.15) is 0 Å². The molecule has 0 saturated heterocycles. The molecule has 150 valence electrons. The zero-order chi connectivity index (χ0) is 21.1. The third-order valence-electron chi connectivity index (χ3n) is 4.64. The minimum Gasteiger partial charge on any atom is -0.482 e. The smallest absolute Gasteiger partial charge is 0.344 e. The summed E-state index contributed by atoms with van der Waals surface area (Å²) in [4.78, 5) is 24.7.